The number of nitrogens with one attached hydrogen (secondary N) is 1. The number of rotatable bonds is 5. The van der Waals surface area contributed by atoms with Crippen molar-refractivity contribution in [2.45, 2.75) is 19.9 Å². The van der Waals surface area contributed by atoms with Crippen LogP contribution in [-0.4, -0.2) is 41.9 Å². The maximum atomic E-state index is 12.4. The van der Waals surface area contributed by atoms with Gasteiger partial charge in [-0.2, -0.15) is 0 Å². The van der Waals surface area contributed by atoms with Crippen LogP contribution in [0.25, 0.3) is 0 Å². The minimum Gasteiger partial charge on any atom is -0.465 e. The highest BCUT2D eigenvalue weighted by Crippen LogP contribution is 2.37. The molecule has 1 aliphatic heterocycles. The molecule has 0 unspecified atom stereocenters. The fraction of sp³-hybridized carbons (Fsp3) is 0.375. The third-order valence-corrected chi connectivity index (χ3v) is 5.33. The highest BCUT2D eigenvalue weighted by molar-refractivity contribution is 7.17. The number of hydrogen-bond donors (Lipinski definition) is 1. The van der Waals surface area contributed by atoms with E-state index in [0.717, 1.165) is 29.6 Å². The number of amides is 1. The Balaban J connectivity index is 1.91. The normalized spacial score (nSPS) is 13.9. The SMILES string of the molecule is CCN1CCc2c(sc(NC(=O)c3ccc([N+](=O)[O-])o3)c2C(=O)OC)C1. The van der Waals surface area contributed by atoms with Crippen molar-refractivity contribution in [2.75, 3.05) is 25.5 Å². The fourth-order valence-corrected chi connectivity index (χ4v) is 4.12. The molecule has 0 aromatic carbocycles. The van der Waals surface area contributed by atoms with Crippen molar-refractivity contribution in [2.24, 2.45) is 0 Å². The molecule has 0 saturated heterocycles. The van der Waals surface area contributed by atoms with E-state index in [1.807, 2.05) is 0 Å². The summed E-state index contributed by atoms with van der Waals surface area (Å²) in [5, 5.41) is 13.7. The number of carbonyl (C=O) groups is 2. The van der Waals surface area contributed by atoms with Gasteiger partial charge < -0.3 is 14.5 Å². The number of likely N-dealkylation sites (N-methyl/N-ethyl adjacent to an activating group) is 1. The van der Waals surface area contributed by atoms with E-state index in [4.69, 9.17) is 9.15 Å². The number of nitro groups is 1. The average Bonchev–Trinajstić information content (AvgIpc) is 3.25. The molecule has 3 rings (SSSR count). The van der Waals surface area contributed by atoms with E-state index < -0.39 is 22.7 Å². The molecule has 0 bridgehead atoms. The molecule has 0 aliphatic carbocycles. The molecule has 10 heteroatoms. The molecule has 0 atom stereocenters. The van der Waals surface area contributed by atoms with Crippen LogP contribution in [0.4, 0.5) is 10.9 Å². The molecular weight excluding hydrogens is 362 g/mol. The highest BCUT2D eigenvalue weighted by atomic mass is 32.1. The quantitative estimate of drug-likeness (QED) is 0.482. The molecule has 1 N–H and O–H groups in total. The van der Waals surface area contributed by atoms with Crippen molar-refractivity contribution >= 4 is 34.1 Å². The fourth-order valence-electron chi connectivity index (χ4n) is 2.84. The number of fused-ring (bicyclic) bond motifs is 1. The van der Waals surface area contributed by atoms with Gasteiger partial charge in [-0.25, -0.2) is 4.79 Å². The third-order valence-electron chi connectivity index (χ3n) is 4.20. The van der Waals surface area contributed by atoms with E-state index in [-0.39, 0.29) is 5.76 Å². The maximum Gasteiger partial charge on any atom is 0.433 e. The van der Waals surface area contributed by atoms with Crippen LogP contribution in [0, 0.1) is 10.1 Å². The van der Waals surface area contributed by atoms with E-state index in [9.17, 15) is 19.7 Å². The Labute approximate surface area is 152 Å². The van der Waals surface area contributed by atoms with Gasteiger partial charge in [0.1, 0.15) is 9.92 Å². The number of furan rings is 1. The third kappa shape index (κ3) is 3.33. The average molecular weight is 379 g/mol. The van der Waals surface area contributed by atoms with Gasteiger partial charge in [0.2, 0.25) is 0 Å². The van der Waals surface area contributed by atoms with Gasteiger partial charge in [-0.1, -0.05) is 6.92 Å². The molecule has 1 amide bonds. The summed E-state index contributed by atoms with van der Waals surface area (Å²) in [4.78, 5) is 37.8. The van der Waals surface area contributed by atoms with Crippen molar-refractivity contribution in [1.29, 1.82) is 0 Å². The topological polar surface area (TPSA) is 115 Å². The Kier molecular flexibility index (Phi) is 5.05. The van der Waals surface area contributed by atoms with Gasteiger partial charge in [-0.15, -0.1) is 11.3 Å². The summed E-state index contributed by atoms with van der Waals surface area (Å²) in [6, 6.07) is 2.33. The number of ether oxygens (including phenoxy) is 1. The zero-order chi connectivity index (χ0) is 18.8. The zero-order valence-electron chi connectivity index (χ0n) is 14.2. The van der Waals surface area contributed by atoms with E-state index in [0.29, 0.717) is 23.5 Å². The van der Waals surface area contributed by atoms with Crippen LogP contribution in [0.15, 0.2) is 16.5 Å². The van der Waals surface area contributed by atoms with Crippen LogP contribution in [0.3, 0.4) is 0 Å². The molecule has 2 aromatic rings. The lowest BCUT2D eigenvalue weighted by atomic mass is 10.0. The molecule has 2 aromatic heterocycles. The number of hydrogen-bond acceptors (Lipinski definition) is 8. The van der Waals surface area contributed by atoms with E-state index in [1.54, 1.807) is 0 Å². The second-order valence-corrected chi connectivity index (χ2v) is 6.77. The van der Waals surface area contributed by atoms with Gasteiger partial charge in [0.25, 0.3) is 5.91 Å². The Bertz CT molecular complexity index is 871. The molecule has 9 nitrogen and oxygen atoms in total. The predicted molar refractivity (Wildman–Crippen MR) is 93.6 cm³/mol. The van der Waals surface area contributed by atoms with Crippen molar-refractivity contribution < 1.29 is 23.7 Å². The zero-order valence-corrected chi connectivity index (χ0v) is 15.1. The first-order chi connectivity index (χ1) is 12.4. The highest BCUT2D eigenvalue weighted by Gasteiger charge is 2.29. The molecule has 26 heavy (non-hydrogen) atoms. The van der Waals surface area contributed by atoms with Crippen molar-refractivity contribution in [1.82, 2.24) is 4.90 Å². The Hall–Kier alpha value is -2.72. The van der Waals surface area contributed by atoms with Crippen LogP contribution in [0.5, 0.6) is 0 Å². The number of thiophene rings is 1. The van der Waals surface area contributed by atoms with Gasteiger partial charge in [-0.05, 0) is 24.6 Å². The van der Waals surface area contributed by atoms with Crippen LogP contribution in [-0.2, 0) is 17.7 Å². The van der Waals surface area contributed by atoms with Crippen molar-refractivity contribution in [3.63, 3.8) is 0 Å². The van der Waals surface area contributed by atoms with Gasteiger partial charge >= 0.3 is 11.9 Å². The summed E-state index contributed by atoms with van der Waals surface area (Å²) in [6.45, 7) is 4.47. The minimum atomic E-state index is -0.722. The van der Waals surface area contributed by atoms with Gasteiger partial charge in [0.15, 0.2) is 5.76 Å². The number of nitrogens with zero attached hydrogens (tertiary/aromatic N) is 2. The number of methoxy groups -OCH3 is 1. The van der Waals surface area contributed by atoms with Gasteiger partial charge in [0.05, 0.1) is 18.7 Å². The van der Waals surface area contributed by atoms with Crippen LogP contribution in [0.2, 0.25) is 0 Å². The molecule has 0 radical (unpaired) electrons. The van der Waals surface area contributed by atoms with E-state index >= 15 is 0 Å². The lowest BCUT2D eigenvalue weighted by molar-refractivity contribution is -0.402. The standard InChI is InChI=1S/C16H17N3O6S/c1-3-18-7-6-9-11(8-18)26-15(13(9)16(21)24-2)17-14(20)10-4-5-12(25-10)19(22)23/h4-5H,3,6-8H2,1-2H3,(H,17,20). The summed E-state index contributed by atoms with van der Waals surface area (Å²) >= 11 is 1.31. The summed E-state index contributed by atoms with van der Waals surface area (Å²) in [6.07, 6.45) is 0.687. The molecular formula is C16H17N3O6S. The minimum absolute atomic E-state index is 0.200. The largest absolute Gasteiger partial charge is 0.465 e. The number of esters is 1. The Morgan fingerprint density at radius 2 is 2.23 bits per heavy atom. The summed E-state index contributed by atoms with van der Waals surface area (Å²) in [7, 11) is 1.29. The first-order valence-corrected chi connectivity index (χ1v) is 8.77. The Morgan fingerprint density at radius 1 is 1.46 bits per heavy atom. The lowest BCUT2D eigenvalue weighted by Gasteiger charge is -2.25. The van der Waals surface area contributed by atoms with Crippen LogP contribution < -0.4 is 5.32 Å². The number of anilines is 1. The van der Waals surface area contributed by atoms with Gasteiger partial charge in [0, 0.05) is 18.0 Å². The smallest absolute Gasteiger partial charge is 0.433 e. The van der Waals surface area contributed by atoms with Crippen LogP contribution in [0.1, 0.15) is 38.3 Å². The monoisotopic (exact) mass is 379 g/mol. The number of carbonyl (C=O) groups excluding carboxylic acids is 2. The van der Waals surface area contributed by atoms with Crippen molar-refractivity contribution in [3.8, 4) is 0 Å². The summed E-state index contributed by atoms with van der Waals surface area (Å²) < 4.78 is 9.78. The Morgan fingerprint density at radius 3 is 2.85 bits per heavy atom. The first-order valence-electron chi connectivity index (χ1n) is 7.95. The predicted octanol–water partition coefficient (Wildman–Crippen LogP) is 2.67. The second kappa shape index (κ2) is 7.26. The van der Waals surface area contributed by atoms with Gasteiger partial charge in [-0.3, -0.25) is 19.8 Å². The van der Waals surface area contributed by atoms with E-state index in [2.05, 4.69) is 17.1 Å². The second-order valence-electron chi connectivity index (χ2n) is 5.67. The lowest BCUT2D eigenvalue weighted by Crippen LogP contribution is -2.29. The molecule has 0 fully saturated rings. The summed E-state index contributed by atoms with van der Waals surface area (Å²) in [5.41, 5.74) is 1.23. The molecule has 3 heterocycles. The summed E-state index contributed by atoms with van der Waals surface area (Å²) in [5.74, 6) is -1.90. The molecule has 138 valence electrons. The van der Waals surface area contributed by atoms with Crippen LogP contribution >= 0.6 is 11.3 Å². The molecule has 1 aliphatic rings. The van der Waals surface area contributed by atoms with E-state index in [1.165, 1.54) is 24.5 Å². The first kappa shape index (κ1) is 18.1. The maximum absolute atomic E-state index is 12.4. The molecule has 0 spiro atoms. The molecule has 0 saturated carbocycles. The van der Waals surface area contributed by atoms with Crippen molar-refractivity contribution in [3.05, 3.63) is 44.0 Å².